The highest BCUT2D eigenvalue weighted by molar-refractivity contribution is 6.38. The number of ether oxygens (including phenoxy) is 1. The van der Waals surface area contributed by atoms with E-state index in [1.54, 1.807) is 11.8 Å². The van der Waals surface area contributed by atoms with Gasteiger partial charge in [0.25, 0.3) is 5.91 Å². The van der Waals surface area contributed by atoms with E-state index in [0.717, 1.165) is 44.9 Å². The molecule has 6 amide bonds. The van der Waals surface area contributed by atoms with Crippen molar-refractivity contribution < 1.29 is 33.5 Å². The molecule has 1 saturated heterocycles. The summed E-state index contributed by atoms with van der Waals surface area (Å²) in [6.45, 7) is 16.0. The molecule has 0 aromatic rings. The van der Waals surface area contributed by atoms with Gasteiger partial charge >= 0.3 is 12.1 Å². The van der Waals surface area contributed by atoms with Gasteiger partial charge in [-0.3, -0.25) is 19.2 Å². The molecule has 3 fully saturated rings. The molecule has 2 saturated carbocycles. The van der Waals surface area contributed by atoms with Gasteiger partial charge in [-0.2, -0.15) is 0 Å². The summed E-state index contributed by atoms with van der Waals surface area (Å²) in [7, 11) is 0. The lowest BCUT2D eigenvalue weighted by molar-refractivity contribution is -0.144. The van der Waals surface area contributed by atoms with Crippen molar-refractivity contribution in [2.24, 2.45) is 29.1 Å². The molecule has 276 valence electrons. The molecule has 1 heterocycles. The van der Waals surface area contributed by atoms with Gasteiger partial charge in [-0.1, -0.05) is 72.8 Å². The van der Waals surface area contributed by atoms with E-state index in [1.165, 1.54) is 6.08 Å². The van der Waals surface area contributed by atoms with Crippen LogP contribution >= 0.6 is 0 Å². The molecule has 3 aliphatic rings. The minimum Gasteiger partial charge on any atom is -0.447 e. The molecule has 0 spiro atoms. The second kappa shape index (κ2) is 18.4. The van der Waals surface area contributed by atoms with E-state index in [9.17, 15) is 28.8 Å². The monoisotopic (exact) mass is 688 g/mol. The Bertz CT molecular complexity index is 1190. The maximum atomic E-state index is 14.6. The number of rotatable bonds is 16. The molecule has 13 nitrogen and oxygen atoms in total. The number of Topliss-reactive ketones (excluding diaryl/α,β-unsaturated/α-hetero) is 1. The van der Waals surface area contributed by atoms with Crippen LogP contribution in [0, 0.1) is 29.1 Å². The Morgan fingerprint density at radius 3 is 2.16 bits per heavy atom. The van der Waals surface area contributed by atoms with Crippen molar-refractivity contribution in [3.8, 4) is 0 Å². The van der Waals surface area contributed by atoms with Crippen LogP contribution in [0.4, 0.5) is 9.59 Å². The SMILES string of the molecule is C=CCNC(=O)C(=O)C(CC1CC1)NC(=O)[C@@H]1C(C(C)C)CCN1C(=O)[C@@H](NC(=O)N[C@H](COC(=O)NCC)C(C)(C)C)C1CCCCC1. The fraction of sp³-hybridized carbons (Fsp3) is 0.778. The molecule has 2 unspecified atom stereocenters. The Kier molecular flexibility index (Phi) is 14.9. The van der Waals surface area contributed by atoms with Crippen LogP contribution < -0.4 is 26.6 Å². The number of ketones is 1. The van der Waals surface area contributed by atoms with Gasteiger partial charge in [-0.05, 0) is 61.7 Å². The minimum atomic E-state index is -0.996. The molecule has 5 N–H and O–H groups in total. The highest BCUT2D eigenvalue weighted by Crippen LogP contribution is 2.36. The number of urea groups is 1. The van der Waals surface area contributed by atoms with Gasteiger partial charge in [0.1, 0.15) is 18.7 Å². The first-order valence-electron chi connectivity index (χ1n) is 18.2. The lowest BCUT2D eigenvalue weighted by Gasteiger charge is -2.37. The van der Waals surface area contributed by atoms with E-state index in [4.69, 9.17) is 4.74 Å². The van der Waals surface area contributed by atoms with Gasteiger partial charge in [0.2, 0.25) is 17.6 Å². The summed E-state index contributed by atoms with van der Waals surface area (Å²) in [6, 6.07) is -3.83. The van der Waals surface area contributed by atoms with Crippen molar-refractivity contribution in [3.63, 3.8) is 0 Å². The van der Waals surface area contributed by atoms with Gasteiger partial charge in [0.15, 0.2) is 0 Å². The summed E-state index contributed by atoms with van der Waals surface area (Å²) >= 11 is 0. The third-order valence-corrected chi connectivity index (χ3v) is 10.1. The molecule has 0 radical (unpaired) electrons. The molecule has 0 aromatic heterocycles. The topological polar surface area (TPSA) is 175 Å². The van der Waals surface area contributed by atoms with Gasteiger partial charge in [-0.15, -0.1) is 6.58 Å². The third-order valence-electron chi connectivity index (χ3n) is 10.1. The highest BCUT2D eigenvalue weighted by atomic mass is 16.5. The van der Waals surface area contributed by atoms with E-state index in [2.05, 4.69) is 33.2 Å². The summed E-state index contributed by atoms with van der Waals surface area (Å²) in [5, 5.41) is 13.9. The number of amides is 6. The van der Waals surface area contributed by atoms with Crippen molar-refractivity contribution >= 4 is 35.6 Å². The molecule has 13 heteroatoms. The zero-order valence-electron chi connectivity index (χ0n) is 30.4. The van der Waals surface area contributed by atoms with Crippen molar-refractivity contribution in [1.82, 2.24) is 31.5 Å². The largest absolute Gasteiger partial charge is 0.447 e. The molecule has 2 aliphatic carbocycles. The highest BCUT2D eigenvalue weighted by Gasteiger charge is 2.47. The Balaban J connectivity index is 1.84. The van der Waals surface area contributed by atoms with Crippen LogP contribution in [0.2, 0.25) is 0 Å². The summed E-state index contributed by atoms with van der Waals surface area (Å²) in [5.41, 5.74) is -0.464. The quantitative estimate of drug-likeness (QED) is 0.122. The zero-order valence-corrected chi connectivity index (χ0v) is 30.4. The van der Waals surface area contributed by atoms with E-state index in [-0.39, 0.29) is 42.7 Å². The summed E-state index contributed by atoms with van der Waals surface area (Å²) in [6.07, 6.45) is 8.16. The number of hydrogen-bond acceptors (Lipinski definition) is 7. The van der Waals surface area contributed by atoms with Gasteiger partial charge in [-0.25, -0.2) is 9.59 Å². The predicted octanol–water partition coefficient (Wildman–Crippen LogP) is 3.42. The molecular formula is C36H60N6O7. The van der Waals surface area contributed by atoms with Crippen LogP contribution in [0.5, 0.6) is 0 Å². The second-order valence-corrected chi connectivity index (χ2v) is 15.3. The molecule has 49 heavy (non-hydrogen) atoms. The number of likely N-dealkylation sites (tertiary alicyclic amines) is 1. The number of hydrogen-bond donors (Lipinski definition) is 5. The van der Waals surface area contributed by atoms with Crippen LogP contribution in [0.15, 0.2) is 12.7 Å². The number of carbonyl (C=O) groups excluding carboxylic acids is 6. The van der Waals surface area contributed by atoms with E-state index < -0.39 is 59.3 Å². The van der Waals surface area contributed by atoms with Crippen LogP contribution in [-0.4, -0.2) is 90.9 Å². The lowest BCUT2D eigenvalue weighted by atomic mass is 9.82. The Hall–Kier alpha value is -3.64. The van der Waals surface area contributed by atoms with Crippen LogP contribution in [0.3, 0.4) is 0 Å². The van der Waals surface area contributed by atoms with E-state index >= 15 is 0 Å². The van der Waals surface area contributed by atoms with Gasteiger partial charge in [0, 0.05) is 19.6 Å². The molecule has 3 rings (SSSR count). The fourth-order valence-corrected chi connectivity index (χ4v) is 6.91. The Morgan fingerprint density at radius 1 is 0.918 bits per heavy atom. The predicted molar refractivity (Wildman–Crippen MR) is 186 cm³/mol. The number of alkyl carbamates (subject to hydrolysis) is 1. The smallest absolute Gasteiger partial charge is 0.407 e. The average molecular weight is 689 g/mol. The van der Waals surface area contributed by atoms with Crippen LogP contribution in [-0.2, 0) is 23.9 Å². The van der Waals surface area contributed by atoms with Crippen molar-refractivity contribution in [3.05, 3.63) is 12.7 Å². The van der Waals surface area contributed by atoms with Crippen molar-refractivity contribution in [2.75, 3.05) is 26.2 Å². The van der Waals surface area contributed by atoms with Crippen LogP contribution in [0.25, 0.3) is 0 Å². The molecular weight excluding hydrogens is 628 g/mol. The molecule has 1 aliphatic heterocycles. The average Bonchev–Trinajstić information content (AvgIpc) is 3.76. The molecule has 5 atom stereocenters. The first-order valence-corrected chi connectivity index (χ1v) is 18.2. The maximum absolute atomic E-state index is 14.6. The number of carbonyl (C=O) groups is 6. The Morgan fingerprint density at radius 2 is 1.59 bits per heavy atom. The van der Waals surface area contributed by atoms with Gasteiger partial charge in [0.05, 0.1) is 12.1 Å². The zero-order chi connectivity index (χ0) is 36.3. The fourth-order valence-electron chi connectivity index (χ4n) is 6.91. The second-order valence-electron chi connectivity index (χ2n) is 15.3. The first kappa shape index (κ1) is 39.8. The van der Waals surface area contributed by atoms with Crippen molar-refractivity contribution in [1.29, 1.82) is 0 Å². The number of nitrogens with one attached hydrogen (secondary N) is 5. The summed E-state index contributed by atoms with van der Waals surface area (Å²) in [4.78, 5) is 81.6. The third kappa shape index (κ3) is 11.7. The standard InChI is InChI=1S/C36H60N6O7/c1-8-18-38-32(45)30(43)26(20-23-15-16-23)39-31(44)29-25(22(3)4)17-19-42(29)33(46)28(24-13-11-10-12-14-24)41-34(47)40-27(36(5,6)7)21-49-35(48)37-9-2/h8,22-29H,1,9-21H2,2-7H3,(H,37,48)(H,38,45)(H,39,44)(H2,40,41,47)/t25?,26?,27-,28+,29+/m1/s1. The molecule has 0 bridgehead atoms. The number of nitrogens with zero attached hydrogens (tertiary/aromatic N) is 1. The Labute approximate surface area is 291 Å². The van der Waals surface area contributed by atoms with E-state index in [0.29, 0.717) is 25.9 Å². The maximum Gasteiger partial charge on any atom is 0.407 e. The van der Waals surface area contributed by atoms with Crippen molar-refractivity contribution in [2.45, 2.75) is 123 Å². The first-order chi connectivity index (χ1) is 23.2. The summed E-state index contributed by atoms with van der Waals surface area (Å²) < 4.78 is 5.34. The lowest BCUT2D eigenvalue weighted by Crippen LogP contribution is -2.61. The minimum absolute atomic E-state index is 0.0540. The van der Waals surface area contributed by atoms with E-state index in [1.807, 2.05) is 34.6 Å². The summed E-state index contributed by atoms with van der Waals surface area (Å²) in [5.74, 6) is -2.24. The molecule has 0 aromatic carbocycles. The van der Waals surface area contributed by atoms with Gasteiger partial charge < -0.3 is 36.2 Å². The van der Waals surface area contributed by atoms with Crippen LogP contribution in [0.1, 0.15) is 99.3 Å². The normalized spacial score (nSPS) is 21.6.